The predicted molar refractivity (Wildman–Crippen MR) is 88.7 cm³/mol. The fraction of sp³-hybridized carbons (Fsp3) is 0.444. The van der Waals surface area contributed by atoms with Crippen LogP contribution < -0.4 is 10.6 Å². The number of allylic oxidation sites excluding steroid dienone is 1. The highest BCUT2D eigenvalue weighted by molar-refractivity contribution is 5.94. The average molecular weight is 354 g/mol. The molecule has 7 heteroatoms. The third-order valence-corrected chi connectivity index (χ3v) is 4.29. The smallest absolute Gasteiger partial charge is 0.348 e. The summed E-state index contributed by atoms with van der Waals surface area (Å²) >= 11 is 0. The van der Waals surface area contributed by atoms with Gasteiger partial charge in [-0.05, 0) is 43.4 Å². The molecular weight excluding hydrogens is 333 g/mol. The van der Waals surface area contributed by atoms with Crippen LogP contribution in [-0.2, 0) is 16.1 Å². The molecule has 4 nitrogen and oxygen atoms in total. The lowest BCUT2D eigenvalue weighted by Crippen LogP contribution is -2.29. The van der Waals surface area contributed by atoms with Crippen LogP contribution in [0.5, 0.6) is 0 Å². The van der Waals surface area contributed by atoms with Crippen LogP contribution in [0.25, 0.3) is 0 Å². The molecule has 0 radical (unpaired) electrons. The highest BCUT2D eigenvalue weighted by atomic mass is 19.4. The van der Waals surface area contributed by atoms with E-state index >= 15 is 0 Å². The van der Waals surface area contributed by atoms with Gasteiger partial charge in [0.15, 0.2) is 0 Å². The summed E-state index contributed by atoms with van der Waals surface area (Å²) in [5, 5.41) is 4.53. The monoisotopic (exact) mass is 354 g/mol. The van der Waals surface area contributed by atoms with E-state index in [2.05, 4.69) is 5.32 Å². The normalized spacial score (nSPS) is 15.9. The minimum Gasteiger partial charge on any atom is -0.348 e. The van der Waals surface area contributed by atoms with Gasteiger partial charge in [0.05, 0.1) is 0 Å². The minimum absolute atomic E-state index is 0.0503. The van der Waals surface area contributed by atoms with Crippen molar-refractivity contribution < 1.29 is 22.8 Å². The molecule has 25 heavy (non-hydrogen) atoms. The van der Waals surface area contributed by atoms with Crippen molar-refractivity contribution in [1.82, 2.24) is 5.32 Å². The molecule has 1 fully saturated rings. The fourth-order valence-electron chi connectivity index (χ4n) is 2.85. The van der Waals surface area contributed by atoms with Gasteiger partial charge in [-0.1, -0.05) is 30.5 Å². The number of carbonyl (C=O) groups is 2. The third-order valence-electron chi connectivity index (χ3n) is 4.29. The maximum atomic E-state index is 12.2. The van der Waals surface area contributed by atoms with Crippen LogP contribution in [0, 0.1) is 5.92 Å². The van der Waals surface area contributed by atoms with Gasteiger partial charge in [-0.2, -0.15) is 13.2 Å². The Bertz CT molecular complexity index is 645. The van der Waals surface area contributed by atoms with Crippen molar-refractivity contribution in [3.63, 3.8) is 0 Å². The molecule has 2 rings (SSSR count). The van der Waals surface area contributed by atoms with Gasteiger partial charge in [-0.3, -0.25) is 9.59 Å². The van der Waals surface area contributed by atoms with Crippen LogP contribution in [0.4, 0.5) is 18.9 Å². The van der Waals surface area contributed by atoms with Crippen LogP contribution in [0.15, 0.2) is 35.9 Å². The zero-order valence-corrected chi connectivity index (χ0v) is 14.0. The average Bonchev–Trinajstić information content (AvgIpc) is 3.08. The molecule has 2 amide bonds. The minimum atomic E-state index is -4.92. The summed E-state index contributed by atoms with van der Waals surface area (Å²) in [5.41, 5.74) is 1.86. The van der Waals surface area contributed by atoms with Crippen molar-refractivity contribution in [2.24, 2.45) is 5.92 Å². The standard InChI is InChI=1S/C18H21F3N2O2/c1-12(14-4-2-3-5-14)10-16(24)22-11-13-6-8-15(9-7-13)23-17(25)18(19,20)21/h6-10,14H,2-5,11H2,1H3,(H,22,24)(H,23,25)/b12-10+. The number of hydrogen-bond acceptors (Lipinski definition) is 2. The van der Waals surface area contributed by atoms with E-state index in [1.54, 1.807) is 23.5 Å². The number of alkyl halides is 3. The lowest BCUT2D eigenvalue weighted by atomic mass is 9.99. The molecule has 0 spiro atoms. The fourth-order valence-corrected chi connectivity index (χ4v) is 2.85. The van der Waals surface area contributed by atoms with Gasteiger partial charge in [-0.15, -0.1) is 0 Å². The number of carbonyl (C=O) groups excluding carboxylic acids is 2. The molecule has 0 aromatic heterocycles. The van der Waals surface area contributed by atoms with Gasteiger partial charge >= 0.3 is 12.1 Å². The number of amides is 2. The predicted octanol–water partition coefficient (Wildman–Crippen LogP) is 3.94. The summed E-state index contributed by atoms with van der Waals surface area (Å²) < 4.78 is 36.5. The quantitative estimate of drug-likeness (QED) is 0.787. The van der Waals surface area contributed by atoms with Crippen LogP contribution in [-0.4, -0.2) is 18.0 Å². The maximum absolute atomic E-state index is 12.2. The van der Waals surface area contributed by atoms with Crippen LogP contribution >= 0.6 is 0 Å². The van der Waals surface area contributed by atoms with Crippen molar-refractivity contribution in [1.29, 1.82) is 0 Å². The Kier molecular flexibility index (Phi) is 6.22. The van der Waals surface area contributed by atoms with E-state index in [0.29, 0.717) is 5.92 Å². The van der Waals surface area contributed by atoms with E-state index in [0.717, 1.165) is 24.0 Å². The van der Waals surface area contributed by atoms with Crippen LogP contribution in [0.1, 0.15) is 38.2 Å². The van der Waals surface area contributed by atoms with Crippen molar-refractivity contribution >= 4 is 17.5 Å². The SMILES string of the molecule is C/C(=C\C(=O)NCc1ccc(NC(=O)C(F)(F)F)cc1)C1CCCC1. The van der Waals surface area contributed by atoms with Crippen molar-refractivity contribution in [3.8, 4) is 0 Å². The van der Waals surface area contributed by atoms with Gasteiger partial charge in [-0.25, -0.2) is 0 Å². The van der Waals surface area contributed by atoms with Crippen molar-refractivity contribution in [3.05, 3.63) is 41.5 Å². The summed E-state index contributed by atoms with van der Waals surface area (Å²) in [5.74, 6) is -1.71. The molecule has 0 unspecified atom stereocenters. The molecule has 0 heterocycles. The molecule has 0 aliphatic heterocycles. The van der Waals surface area contributed by atoms with Crippen LogP contribution in [0.3, 0.4) is 0 Å². The number of nitrogens with one attached hydrogen (secondary N) is 2. The lowest BCUT2D eigenvalue weighted by molar-refractivity contribution is -0.167. The third kappa shape index (κ3) is 5.92. The molecule has 0 atom stereocenters. The Balaban J connectivity index is 1.84. The highest BCUT2D eigenvalue weighted by Crippen LogP contribution is 2.30. The van der Waals surface area contributed by atoms with Gasteiger partial charge in [0.2, 0.25) is 5.91 Å². The van der Waals surface area contributed by atoms with Crippen molar-refractivity contribution in [2.45, 2.75) is 45.3 Å². The highest BCUT2D eigenvalue weighted by Gasteiger charge is 2.38. The first-order valence-corrected chi connectivity index (χ1v) is 8.19. The number of hydrogen-bond donors (Lipinski definition) is 2. The molecule has 1 aromatic rings. The Labute approximate surface area is 144 Å². The van der Waals surface area contributed by atoms with E-state index in [1.165, 1.54) is 25.0 Å². The molecule has 1 aliphatic carbocycles. The first-order valence-electron chi connectivity index (χ1n) is 8.19. The van der Waals surface area contributed by atoms with Crippen molar-refractivity contribution in [2.75, 3.05) is 5.32 Å². The molecular formula is C18H21F3N2O2. The molecule has 0 saturated heterocycles. The summed E-state index contributed by atoms with van der Waals surface area (Å²) in [4.78, 5) is 22.8. The van der Waals surface area contributed by atoms with E-state index in [9.17, 15) is 22.8 Å². The first kappa shape index (κ1) is 19.0. The van der Waals surface area contributed by atoms with Gasteiger partial charge in [0.1, 0.15) is 0 Å². The largest absolute Gasteiger partial charge is 0.471 e. The summed E-state index contributed by atoms with van der Waals surface area (Å²) in [7, 11) is 0. The van der Waals surface area contributed by atoms with Gasteiger partial charge in [0, 0.05) is 18.3 Å². The topological polar surface area (TPSA) is 58.2 Å². The summed E-state index contributed by atoms with van der Waals surface area (Å²) in [6, 6.07) is 5.84. The lowest BCUT2D eigenvalue weighted by Gasteiger charge is -2.10. The van der Waals surface area contributed by atoms with E-state index in [-0.39, 0.29) is 18.1 Å². The molecule has 0 bridgehead atoms. The second kappa shape index (κ2) is 8.18. The molecule has 1 saturated carbocycles. The van der Waals surface area contributed by atoms with Crippen LogP contribution in [0.2, 0.25) is 0 Å². The molecule has 1 aliphatic rings. The number of rotatable bonds is 5. The second-order valence-corrected chi connectivity index (χ2v) is 6.24. The van der Waals surface area contributed by atoms with E-state index in [1.807, 2.05) is 6.92 Å². The number of halogens is 3. The maximum Gasteiger partial charge on any atom is 0.471 e. The summed E-state index contributed by atoms with van der Waals surface area (Å²) in [6.07, 6.45) is 1.36. The Morgan fingerprint density at radius 1 is 1.16 bits per heavy atom. The van der Waals surface area contributed by atoms with E-state index < -0.39 is 12.1 Å². The van der Waals surface area contributed by atoms with Gasteiger partial charge < -0.3 is 10.6 Å². The first-order chi connectivity index (χ1) is 11.8. The number of anilines is 1. The summed E-state index contributed by atoms with van der Waals surface area (Å²) in [6.45, 7) is 2.23. The Morgan fingerprint density at radius 3 is 2.32 bits per heavy atom. The van der Waals surface area contributed by atoms with Gasteiger partial charge in [0.25, 0.3) is 0 Å². The zero-order valence-electron chi connectivity index (χ0n) is 14.0. The van der Waals surface area contributed by atoms with E-state index in [4.69, 9.17) is 0 Å². The Hall–Kier alpha value is -2.31. The molecule has 2 N–H and O–H groups in total. The zero-order chi connectivity index (χ0) is 18.4. The molecule has 1 aromatic carbocycles. The number of benzene rings is 1. The molecule has 136 valence electrons. The Morgan fingerprint density at radius 2 is 1.76 bits per heavy atom. The second-order valence-electron chi connectivity index (χ2n) is 6.24.